The van der Waals surface area contributed by atoms with Crippen LogP contribution in [0.2, 0.25) is 5.02 Å². The molecule has 0 radical (unpaired) electrons. The van der Waals surface area contributed by atoms with Crippen LogP contribution in [0, 0.1) is 0 Å². The summed E-state index contributed by atoms with van der Waals surface area (Å²) < 4.78 is 81.3. The number of hydrogen-bond donors (Lipinski definition) is 2. The van der Waals surface area contributed by atoms with Crippen molar-refractivity contribution in [2.45, 2.75) is 30.4 Å². The van der Waals surface area contributed by atoms with Crippen LogP contribution in [0.4, 0.5) is 37.7 Å². The molecule has 1 atom stereocenters. The van der Waals surface area contributed by atoms with Gasteiger partial charge in [0.05, 0.1) is 22.5 Å². The molecule has 5 nitrogen and oxygen atoms in total. The maximum absolute atomic E-state index is 13.5. The Morgan fingerprint density at radius 2 is 1.50 bits per heavy atom. The van der Waals surface area contributed by atoms with E-state index in [1.54, 1.807) is 36.4 Å². The first-order valence-corrected chi connectivity index (χ1v) is 10.8. The molecule has 2 heterocycles. The molecule has 2 N–H and O–H groups in total. The summed E-state index contributed by atoms with van der Waals surface area (Å²) in [4.78, 5) is 2.12. The largest absolute Gasteiger partial charge is 0.431 e. The standard InChI is InChI=1S/C22H21ClF6N4O/c23-16-3-1-2-4-17(16)33-18(13-19(31-33)20(34,21(24,25)26)22(27,28)29)14-5-7-15(8-6-14)32-11-9-30-10-12-32/h1-8,18,30,34H,9-13H2. The third kappa shape index (κ3) is 4.32. The van der Waals surface area contributed by atoms with Crippen LogP contribution in [-0.4, -0.2) is 55.0 Å². The van der Waals surface area contributed by atoms with Crippen molar-refractivity contribution in [1.29, 1.82) is 0 Å². The van der Waals surface area contributed by atoms with E-state index in [2.05, 4.69) is 15.3 Å². The fourth-order valence-corrected chi connectivity index (χ4v) is 4.39. The number of piperazine rings is 1. The molecular weight excluding hydrogens is 486 g/mol. The Balaban J connectivity index is 1.74. The predicted molar refractivity (Wildman–Crippen MR) is 117 cm³/mol. The van der Waals surface area contributed by atoms with E-state index in [1.807, 2.05) is 0 Å². The summed E-state index contributed by atoms with van der Waals surface area (Å²) in [5, 5.41) is 17.9. The van der Waals surface area contributed by atoms with Crippen molar-refractivity contribution in [3.8, 4) is 0 Å². The van der Waals surface area contributed by atoms with E-state index in [4.69, 9.17) is 11.6 Å². The highest BCUT2D eigenvalue weighted by Crippen LogP contribution is 2.49. The lowest BCUT2D eigenvalue weighted by molar-refractivity contribution is -0.338. The van der Waals surface area contributed by atoms with E-state index < -0.39 is 36.1 Å². The van der Waals surface area contributed by atoms with Crippen LogP contribution in [0.25, 0.3) is 0 Å². The number of aliphatic hydroxyl groups is 1. The zero-order chi connectivity index (χ0) is 24.7. The first kappa shape index (κ1) is 24.6. The molecule has 2 aliphatic rings. The average Bonchev–Trinajstić information content (AvgIpc) is 3.23. The number of nitrogens with one attached hydrogen (secondary N) is 1. The van der Waals surface area contributed by atoms with Crippen LogP contribution in [0.1, 0.15) is 18.0 Å². The number of benzene rings is 2. The van der Waals surface area contributed by atoms with E-state index in [0.29, 0.717) is 5.56 Å². The third-order valence-corrected chi connectivity index (χ3v) is 6.33. The van der Waals surface area contributed by atoms with Crippen molar-refractivity contribution < 1.29 is 31.4 Å². The summed E-state index contributed by atoms with van der Waals surface area (Å²) in [5.41, 5.74) is -5.08. The van der Waals surface area contributed by atoms with Gasteiger partial charge in [-0.25, -0.2) is 0 Å². The second kappa shape index (κ2) is 8.94. The fraction of sp³-hybridized carbons (Fsp3) is 0.409. The molecule has 0 bridgehead atoms. The lowest BCUT2D eigenvalue weighted by Gasteiger charge is -2.32. The van der Waals surface area contributed by atoms with Crippen molar-refractivity contribution in [2.24, 2.45) is 5.10 Å². The molecule has 2 aliphatic heterocycles. The molecule has 1 saturated heterocycles. The number of para-hydroxylation sites is 1. The van der Waals surface area contributed by atoms with Gasteiger partial charge in [-0.1, -0.05) is 35.9 Å². The van der Waals surface area contributed by atoms with Crippen molar-refractivity contribution in [3.05, 3.63) is 59.1 Å². The zero-order valence-corrected chi connectivity index (χ0v) is 18.4. The normalized spacial score (nSPS) is 20.0. The van der Waals surface area contributed by atoms with Crippen LogP contribution in [0.5, 0.6) is 0 Å². The zero-order valence-electron chi connectivity index (χ0n) is 17.7. The quantitative estimate of drug-likeness (QED) is 0.579. The molecular formula is C22H21ClF6N4O. The molecule has 1 unspecified atom stereocenters. The van der Waals surface area contributed by atoms with E-state index in [9.17, 15) is 31.4 Å². The number of rotatable bonds is 4. The molecule has 34 heavy (non-hydrogen) atoms. The number of hydrazone groups is 1. The van der Waals surface area contributed by atoms with E-state index >= 15 is 0 Å². The Morgan fingerprint density at radius 1 is 0.912 bits per heavy atom. The lowest BCUT2D eigenvalue weighted by atomic mass is 9.90. The molecule has 0 aliphatic carbocycles. The van der Waals surface area contributed by atoms with Crippen LogP contribution in [-0.2, 0) is 0 Å². The molecule has 0 aromatic heterocycles. The van der Waals surface area contributed by atoms with Crippen LogP contribution in [0.15, 0.2) is 53.6 Å². The SMILES string of the molecule is OC(C1=NN(c2ccccc2Cl)C(c2ccc(N3CCNCC3)cc2)C1)(C(F)(F)F)C(F)(F)F. The van der Waals surface area contributed by atoms with E-state index in [1.165, 1.54) is 12.1 Å². The first-order chi connectivity index (χ1) is 15.9. The van der Waals surface area contributed by atoms with Gasteiger partial charge in [0.1, 0.15) is 0 Å². The molecule has 2 aromatic carbocycles. The lowest BCUT2D eigenvalue weighted by Crippen LogP contribution is -2.62. The summed E-state index contributed by atoms with van der Waals surface area (Å²) in [7, 11) is 0. The van der Waals surface area contributed by atoms with E-state index in [0.717, 1.165) is 36.9 Å². The van der Waals surface area contributed by atoms with Crippen molar-refractivity contribution in [2.75, 3.05) is 36.1 Å². The topological polar surface area (TPSA) is 51.1 Å². The first-order valence-electron chi connectivity index (χ1n) is 10.5. The number of anilines is 2. The minimum atomic E-state index is -6.02. The highest BCUT2D eigenvalue weighted by molar-refractivity contribution is 6.33. The fourth-order valence-electron chi connectivity index (χ4n) is 4.17. The van der Waals surface area contributed by atoms with Gasteiger partial charge in [-0.05, 0) is 29.8 Å². The Kier molecular flexibility index (Phi) is 6.47. The van der Waals surface area contributed by atoms with Gasteiger partial charge < -0.3 is 15.3 Å². The number of nitrogens with zero attached hydrogens (tertiary/aromatic N) is 3. The Morgan fingerprint density at radius 3 is 2.06 bits per heavy atom. The molecule has 184 valence electrons. The van der Waals surface area contributed by atoms with E-state index in [-0.39, 0.29) is 10.7 Å². The minimum absolute atomic E-state index is 0.0949. The molecule has 0 saturated carbocycles. The maximum atomic E-state index is 13.5. The number of alkyl halides is 6. The van der Waals surface area contributed by atoms with Gasteiger partial charge in [-0.2, -0.15) is 31.4 Å². The summed E-state index contributed by atoms with van der Waals surface area (Å²) in [5.74, 6) is 0. The summed E-state index contributed by atoms with van der Waals surface area (Å²) in [6, 6.07) is 11.8. The Bertz CT molecular complexity index is 1040. The van der Waals surface area contributed by atoms with Gasteiger partial charge in [-0.15, -0.1) is 0 Å². The van der Waals surface area contributed by atoms with Gasteiger partial charge in [0, 0.05) is 38.3 Å². The number of hydrogen-bond acceptors (Lipinski definition) is 5. The van der Waals surface area contributed by atoms with Crippen LogP contribution < -0.4 is 15.2 Å². The summed E-state index contributed by atoms with van der Waals surface area (Å²) in [6.07, 6.45) is -12.8. The molecule has 2 aromatic rings. The average molecular weight is 507 g/mol. The molecule has 0 amide bonds. The molecule has 12 heteroatoms. The van der Waals surface area contributed by atoms with Crippen LogP contribution >= 0.6 is 11.6 Å². The number of halogens is 7. The second-order valence-corrected chi connectivity index (χ2v) is 8.50. The second-order valence-electron chi connectivity index (χ2n) is 8.10. The summed E-state index contributed by atoms with van der Waals surface area (Å²) >= 11 is 6.20. The third-order valence-electron chi connectivity index (χ3n) is 6.01. The molecule has 1 fully saturated rings. The monoisotopic (exact) mass is 506 g/mol. The Labute approximate surface area is 196 Å². The molecule has 0 spiro atoms. The van der Waals surface area contributed by atoms with Gasteiger partial charge in [-0.3, -0.25) is 5.01 Å². The Hall–Kier alpha value is -2.50. The smallest absolute Gasteiger partial charge is 0.369 e. The van der Waals surface area contributed by atoms with Gasteiger partial charge in [0.2, 0.25) is 0 Å². The van der Waals surface area contributed by atoms with Crippen LogP contribution in [0.3, 0.4) is 0 Å². The van der Waals surface area contributed by atoms with Gasteiger partial charge in [0.25, 0.3) is 5.60 Å². The van der Waals surface area contributed by atoms with Crippen molar-refractivity contribution >= 4 is 28.7 Å². The van der Waals surface area contributed by atoms with Gasteiger partial charge in [0.15, 0.2) is 0 Å². The predicted octanol–water partition coefficient (Wildman–Crippen LogP) is 4.91. The highest BCUT2D eigenvalue weighted by atomic mass is 35.5. The highest BCUT2D eigenvalue weighted by Gasteiger charge is 2.74. The van der Waals surface area contributed by atoms with Crippen molar-refractivity contribution in [1.82, 2.24) is 5.32 Å². The minimum Gasteiger partial charge on any atom is -0.369 e. The van der Waals surface area contributed by atoms with Gasteiger partial charge >= 0.3 is 12.4 Å². The van der Waals surface area contributed by atoms with Crippen molar-refractivity contribution in [3.63, 3.8) is 0 Å². The maximum Gasteiger partial charge on any atom is 0.431 e. The summed E-state index contributed by atoms with van der Waals surface area (Å²) in [6.45, 7) is 3.14. The molecule has 4 rings (SSSR count).